The van der Waals surface area contributed by atoms with Crippen molar-refractivity contribution in [3.8, 4) is 23.0 Å². The van der Waals surface area contributed by atoms with E-state index < -0.39 is 24.1 Å². The van der Waals surface area contributed by atoms with Crippen molar-refractivity contribution in [2.45, 2.75) is 6.54 Å². The molecule has 0 saturated heterocycles. The van der Waals surface area contributed by atoms with Gasteiger partial charge in [-0.2, -0.15) is 0 Å². The summed E-state index contributed by atoms with van der Waals surface area (Å²) < 4.78 is 47.0. The summed E-state index contributed by atoms with van der Waals surface area (Å²) in [6.07, 6.45) is 0. The molecule has 0 bridgehead atoms. The summed E-state index contributed by atoms with van der Waals surface area (Å²) in [6, 6.07) is 6.25. The van der Waals surface area contributed by atoms with Gasteiger partial charge in [0.25, 0.3) is 5.91 Å². The smallest absolute Gasteiger partial charge is 0.258 e. The Labute approximate surface area is 149 Å². The lowest BCUT2D eigenvalue weighted by molar-refractivity contribution is -0.123. The Hall–Kier alpha value is -3.03. The molecule has 0 aromatic heterocycles. The highest BCUT2D eigenvalue weighted by Gasteiger charge is 2.14. The molecule has 1 N–H and O–H groups in total. The van der Waals surface area contributed by atoms with E-state index in [1.165, 1.54) is 21.3 Å². The zero-order chi connectivity index (χ0) is 19.1. The summed E-state index contributed by atoms with van der Waals surface area (Å²) in [5.41, 5.74) is 0.709. The number of halogens is 2. The molecule has 0 saturated carbocycles. The fourth-order valence-electron chi connectivity index (χ4n) is 2.22. The van der Waals surface area contributed by atoms with Crippen LogP contribution in [0, 0.1) is 11.6 Å². The molecule has 6 nitrogen and oxygen atoms in total. The summed E-state index contributed by atoms with van der Waals surface area (Å²) in [4.78, 5) is 11.9. The zero-order valence-electron chi connectivity index (χ0n) is 14.6. The molecule has 0 fully saturated rings. The molecule has 0 atom stereocenters. The van der Waals surface area contributed by atoms with Gasteiger partial charge in [0.1, 0.15) is 5.82 Å². The Bertz CT molecular complexity index is 757. The first kappa shape index (κ1) is 19.3. The monoisotopic (exact) mass is 367 g/mol. The van der Waals surface area contributed by atoms with Crippen LogP contribution >= 0.6 is 0 Å². The molecule has 0 aliphatic carbocycles. The molecule has 140 valence electrons. The summed E-state index contributed by atoms with van der Waals surface area (Å²) in [6.45, 7) is -0.238. The van der Waals surface area contributed by atoms with Gasteiger partial charge in [-0.3, -0.25) is 4.79 Å². The molecular formula is C18H19F2NO5. The minimum Gasteiger partial charge on any atom is -0.493 e. The van der Waals surface area contributed by atoms with Crippen molar-refractivity contribution in [2.75, 3.05) is 27.9 Å². The van der Waals surface area contributed by atoms with Gasteiger partial charge in [0.05, 0.1) is 21.3 Å². The lowest BCUT2D eigenvalue weighted by Crippen LogP contribution is -2.28. The fourth-order valence-corrected chi connectivity index (χ4v) is 2.22. The van der Waals surface area contributed by atoms with Crippen LogP contribution in [-0.4, -0.2) is 33.8 Å². The quantitative estimate of drug-likeness (QED) is 0.777. The molecular weight excluding hydrogens is 348 g/mol. The highest BCUT2D eigenvalue weighted by atomic mass is 19.1. The molecule has 2 rings (SSSR count). The van der Waals surface area contributed by atoms with Crippen molar-refractivity contribution in [1.82, 2.24) is 5.32 Å². The van der Waals surface area contributed by atoms with E-state index >= 15 is 0 Å². The Balaban J connectivity index is 1.96. The van der Waals surface area contributed by atoms with Crippen LogP contribution in [0.15, 0.2) is 30.3 Å². The predicted molar refractivity (Wildman–Crippen MR) is 89.8 cm³/mol. The van der Waals surface area contributed by atoms with Gasteiger partial charge >= 0.3 is 0 Å². The van der Waals surface area contributed by atoms with Gasteiger partial charge in [-0.1, -0.05) is 0 Å². The minimum atomic E-state index is -0.873. The first-order valence-electron chi connectivity index (χ1n) is 7.62. The van der Waals surface area contributed by atoms with E-state index in [0.717, 1.165) is 12.1 Å². The fraction of sp³-hybridized carbons (Fsp3) is 0.278. The lowest BCUT2D eigenvalue weighted by atomic mass is 10.1. The first-order valence-corrected chi connectivity index (χ1v) is 7.62. The molecule has 2 aromatic carbocycles. The third-order valence-corrected chi connectivity index (χ3v) is 3.47. The van der Waals surface area contributed by atoms with Crippen LogP contribution in [-0.2, 0) is 11.3 Å². The van der Waals surface area contributed by atoms with Gasteiger partial charge < -0.3 is 24.3 Å². The van der Waals surface area contributed by atoms with Crippen LogP contribution in [0.3, 0.4) is 0 Å². The van der Waals surface area contributed by atoms with Gasteiger partial charge in [-0.25, -0.2) is 8.78 Å². The molecule has 8 heteroatoms. The van der Waals surface area contributed by atoms with Crippen LogP contribution in [0.2, 0.25) is 0 Å². The van der Waals surface area contributed by atoms with E-state index in [4.69, 9.17) is 18.9 Å². The Morgan fingerprint density at radius 1 is 0.962 bits per heavy atom. The van der Waals surface area contributed by atoms with Crippen LogP contribution in [0.1, 0.15) is 5.56 Å². The van der Waals surface area contributed by atoms with Gasteiger partial charge in [0.15, 0.2) is 29.7 Å². The summed E-state index contributed by atoms with van der Waals surface area (Å²) in [7, 11) is 4.48. The summed E-state index contributed by atoms with van der Waals surface area (Å²) >= 11 is 0. The van der Waals surface area contributed by atoms with Gasteiger partial charge in [-0.05, 0) is 29.8 Å². The van der Waals surface area contributed by atoms with Crippen molar-refractivity contribution in [3.05, 3.63) is 47.5 Å². The number of carbonyl (C=O) groups is 1. The Morgan fingerprint density at radius 2 is 1.62 bits per heavy atom. The highest BCUT2D eigenvalue weighted by Crippen LogP contribution is 2.38. The number of hydrogen-bond acceptors (Lipinski definition) is 5. The van der Waals surface area contributed by atoms with Gasteiger partial charge in [-0.15, -0.1) is 0 Å². The van der Waals surface area contributed by atoms with E-state index in [2.05, 4.69) is 5.32 Å². The predicted octanol–water partition coefficient (Wildman–Crippen LogP) is 2.69. The number of hydrogen-bond donors (Lipinski definition) is 1. The number of ether oxygens (including phenoxy) is 4. The van der Waals surface area contributed by atoms with Crippen LogP contribution in [0.25, 0.3) is 0 Å². The number of benzene rings is 2. The first-order chi connectivity index (χ1) is 12.5. The third-order valence-electron chi connectivity index (χ3n) is 3.47. The highest BCUT2D eigenvalue weighted by molar-refractivity contribution is 5.77. The minimum absolute atomic E-state index is 0.171. The number of nitrogens with one attached hydrogen (secondary N) is 1. The van der Waals surface area contributed by atoms with E-state index in [0.29, 0.717) is 28.9 Å². The third kappa shape index (κ3) is 4.75. The Morgan fingerprint density at radius 3 is 2.15 bits per heavy atom. The van der Waals surface area contributed by atoms with Crippen LogP contribution in [0.4, 0.5) is 8.78 Å². The van der Waals surface area contributed by atoms with Crippen molar-refractivity contribution in [2.24, 2.45) is 0 Å². The molecule has 0 spiro atoms. The average molecular weight is 367 g/mol. The number of carbonyl (C=O) groups excluding carboxylic acids is 1. The SMILES string of the molecule is COc1cc(CNC(=O)COc2ccc(F)cc2F)cc(OC)c1OC. The van der Waals surface area contributed by atoms with Gasteiger partial charge in [0, 0.05) is 12.6 Å². The molecule has 0 unspecified atom stereocenters. The maximum Gasteiger partial charge on any atom is 0.258 e. The topological polar surface area (TPSA) is 66.0 Å². The largest absolute Gasteiger partial charge is 0.493 e. The molecule has 0 radical (unpaired) electrons. The second kappa shape index (κ2) is 8.89. The summed E-state index contributed by atoms with van der Waals surface area (Å²) in [5, 5.41) is 2.63. The molecule has 2 aromatic rings. The second-order valence-corrected chi connectivity index (χ2v) is 5.17. The molecule has 0 aliphatic rings. The molecule has 0 heterocycles. The van der Waals surface area contributed by atoms with Crippen molar-refractivity contribution in [3.63, 3.8) is 0 Å². The summed E-state index contributed by atoms with van der Waals surface area (Å²) in [5.74, 6) is -0.900. The van der Waals surface area contributed by atoms with Crippen molar-refractivity contribution < 1.29 is 32.5 Å². The Kier molecular flexibility index (Phi) is 6.60. The molecule has 26 heavy (non-hydrogen) atoms. The van der Waals surface area contributed by atoms with Crippen molar-refractivity contribution in [1.29, 1.82) is 0 Å². The van der Waals surface area contributed by atoms with E-state index in [9.17, 15) is 13.6 Å². The number of methoxy groups -OCH3 is 3. The van der Waals surface area contributed by atoms with Gasteiger partial charge in [0.2, 0.25) is 5.75 Å². The van der Waals surface area contributed by atoms with Crippen molar-refractivity contribution >= 4 is 5.91 Å². The van der Waals surface area contributed by atoms with E-state index in [-0.39, 0.29) is 12.3 Å². The second-order valence-electron chi connectivity index (χ2n) is 5.17. The maximum atomic E-state index is 13.5. The van der Waals surface area contributed by atoms with Crippen LogP contribution < -0.4 is 24.3 Å². The zero-order valence-corrected chi connectivity index (χ0v) is 14.6. The normalized spacial score (nSPS) is 10.2. The lowest BCUT2D eigenvalue weighted by Gasteiger charge is -2.14. The van der Waals surface area contributed by atoms with Crippen LogP contribution in [0.5, 0.6) is 23.0 Å². The number of amides is 1. The standard InChI is InChI=1S/C18H19F2NO5/c1-23-15-6-11(7-16(24-2)18(15)25-3)9-21-17(22)10-26-14-5-4-12(19)8-13(14)20/h4-8H,9-10H2,1-3H3,(H,21,22). The van der Waals surface area contributed by atoms with E-state index in [1.54, 1.807) is 12.1 Å². The number of rotatable bonds is 8. The maximum absolute atomic E-state index is 13.5. The molecule has 1 amide bonds. The van der Waals surface area contributed by atoms with E-state index in [1.807, 2.05) is 0 Å². The average Bonchev–Trinajstić information content (AvgIpc) is 2.64. The molecule has 0 aliphatic heterocycles.